The Bertz CT molecular complexity index is 2730. The van der Waals surface area contributed by atoms with Gasteiger partial charge in [-0.15, -0.1) is 11.3 Å². The van der Waals surface area contributed by atoms with Gasteiger partial charge in [0.2, 0.25) is 0 Å². The fourth-order valence-corrected chi connectivity index (χ4v) is 10.7. The molecule has 0 bridgehead atoms. The molecule has 11 rings (SSSR count). The second-order valence-corrected chi connectivity index (χ2v) is 15.5. The average Bonchev–Trinajstić information content (AvgIpc) is 3.70. The van der Waals surface area contributed by atoms with E-state index < -0.39 is 5.41 Å². The van der Waals surface area contributed by atoms with E-state index in [0.717, 1.165) is 33.9 Å². The van der Waals surface area contributed by atoms with E-state index in [0.29, 0.717) is 0 Å². The highest BCUT2D eigenvalue weighted by Crippen LogP contribution is 2.62. The molecule has 0 fully saturated rings. The number of aromatic nitrogens is 2. The molecule has 1 aliphatic carbocycles. The van der Waals surface area contributed by atoms with E-state index >= 15 is 0 Å². The number of thiophene rings is 1. The lowest BCUT2D eigenvalue weighted by molar-refractivity contribution is 0.724. The molecule has 0 N–H and O–H groups in total. The molecule has 0 atom stereocenters. The van der Waals surface area contributed by atoms with Crippen molar-refractivity contribution >= 4 is 43.3 Å². The Labute approximate surface area is 304 Å². The lowest BCUT2D eigenvalue weighted by Gasteiger charge is -2.39. The van der Waals surface area contributed by atoms with Crippen molar-refractivity contribution in [3.8, 4) is 45.0 Å². The third kappa shape index (κ3) is 4.24. The average molecular weight is 685 g/mol. The molecule has 0 saturated heterocycles. The largest absolute Gasteiger partial charge is 0.228 e. The van der Waals surface area contributed by atoms with Gasteiger partial charge in [-0.2, -0.15) is 0 Å². The van der Waals surface area contributed by atoms with Gasteiger partial charge in [0.05, 0.1) is 16.8 Å². The zero-order valence-corrected chi connectivity index (χ0v) is 29.0. The molecule has 2 nitrogen and oxygen atoms in total. The Hall–Kier alpha value is -5.81. The van der Waals surface area contributed by atoms with Gasteiger partial charge in [-0.1, -0.05) is 145 Å². The smallest absolute Gasteiger partial charge is 0.160 e. The standard InChI is InChI=1S/C47H28N2S2/c1-3-13-29(14-4-1)40-27-41(49-46(48-40)30-15-5-2-6-16-30)31-23-24-42-34(25-31)35-26-39-45(28-44(35)50-42)51-43-22-12-11-21-38(43)47(39)36-19-9-7-17-32(36)33-18-8-10-20-37(33)47/h1-28H. The normalized spacial score (nSPS) is 13.6. The first-order chi connectivity index (χ1) is 25.3. The first-order valence-electron chi connectivity index (χ1n) is 17.2. The monoisotopic (exact) mass is 684 g/mol. The molecular formula is C47H28N2S2. The van der Waals surface area contributed by atoms with Crippen LogP contribution >= 0.6 is 23.1 Å². The highest BCUT2D eigenvalue weighted by atomic mass is 32.2. The van der Waals surface area contributed by atoms with Crippen LogP contribution in [0.2, 0.25) is 0 Å². The number of hydrogen-bond donors (Lipinski definition) is 0. The van der Waals surface area contributed by atoms with Crippen molar-refractivity contribution in [2.24, 2.45) is 0 Å². The number of fused-ring (bicyclic) bond motifs is 12. The maximum Gasteiger partial charge on any atom is 0.160 e. The van der Waals surface area contributed by atoms with Crippen molar-refractivity contribution < 1.29 is 0 Å². The summed E-state index contributed by atoms with van der Waals surface area (Å²) < 4.78 is 2.58. The minimum Gasteiger partial charge on any atom is -0.228 e. The molecule has 2 aliphatic rings. The minimum absolute atomic E-state index is 0.397. The molecule has 3 heterocycles. The van der Waals surface area contributed by atoms with Crippen LogP contribution in [-0.4, -0.2) is 9.97 Å². The Balaban J connectivity index is 1.16. The third-order valence-electron chi connectivity index (χ3n) is 10.6. The fourth-order valence-electron chi connectivity index (χ4n) is 8.35. The minimum atomic E-state index is -0.397. The van der Waals surface area contributed by atoms with Crippen molar-refractivity contribution in [1.82, 2.24) is 9.97 Å². The molecule has 1 aliphatic heterocycles. The quantitative estimate of drug-likeness (QED) is 0.185. The molecule has 4 heteroatoms. The van der Waals surface area contributed by atoms with Crippen LogP contribution in [0.3, 0.4) is 0 Å². The first kappa shape index (κ1) is 29.0. The van der Waals surface area contributed by atoms with Crippen LogP contribution < -0.4 is 0 Å². The van der Waals surface area contributed by atoms with E-state index in [4.69, 9.17) is 9.97 Å². The van der Waals surface area contributed by atoms with Gasteiger partial charge >= 0.3 is 0 Å². The Kier molecular flexibility index (Phi) is 6.30. The Morgan fingerprint density at radius 2 is 0.980 bits per heavy atom. The number of hydrogen-bond acceptors (Lipinski definition) is 4. The molecule has 238 valence electrons. The lowest BCUT2D eigenvalue weighted by Crippen LogP contribution is -2.31. The van der Waals surface area contributed by atoms with E-state index in [1.54, 1.807) is 0 Å². The van der Waals surface area contributed by atoms with Gasteiger partial charge in [0, 0.05) is 46.7 Å². The molecule has 0 amide bonds. The number of benzene rings is 7. The predicted octanol–water partition coefficient (Wildman–Crippen LogP) is 12.7. The van der Waals surface area contributed by atoms with E-state index in [1.165, 1.54) is 63.3 Å². The topological polar surface area (TPSA) is 25.8 Å². The summed E-state index contributed by atoms with van der Waals surface area (Å²) in [6.45, 7) is 0. The lowest BCUT2D eigenvalue weighted by atomic mass is 9.67. The van der Waals surface area contributed by atoms with Gasteiger partial charge in [-0.25, -0.2) is 9.97 Å². The van der Waals surface area contributed by atoms with Crippen molar-refractivity contribution in [3.05, 3.63) is 192 Å². The zero-order valence-electron chi connectivity index (χ0n) is 27.4. The highest BCUT2D eigenvalue weighted by Gasteiger charge is 2.50. The summed E-state index contributed by atoms with van der Waals surface area (Å²) in [5, 5.41) is 2.55. The van der Waals surface area contributed by atoms with Gasteiger partial charge in [0.15, 0.2) is 5.82 Å². The van der Waals surface area contributed by atoms with Crippen molar-refractivity contribution in [1.29, 1.82) is 0 Å². The van der Waals surface area contributed by atoms with Gasteiger partial charge in [0.25, 0.3) is 0 Å². The molecule has 1 spiro atoms. The third-order valence-corrected chi connectivity index (χ3v) is 12.8. The van der Waals surface area contributed by atoms with Crippen LogP contribution in [-0.2, 0) is 5.41 Å². The summed E-state index contributed by atoms with van der Waals surface area (Å²) in [6.07, 6.45) is 0. The van der Waals surface area contributed by atoms with Crippen LogP contribution in [0.1, 0.15) is 22.3 Å². The van der Waals surface area contributed by atoms with Crippen molar-refractivity contribution in [2.45, 2.75) is 15.2 Å². The van der Waals surface area contributed by atoms with E-state index in [9.17, 15) is 0 Å². The summed E-state index contributed by atoms with van der Waals surface area (Å²) in [7, 11) is 0. The van der Waals surface area contributed by atoms with Crippen LogP contribution in [0.5, 0.6) is 0 Å². The highest BCUT2D eigenvalue weighted by molar-refractivity contribution is 7.99. The van der Waals surface area contributed by atoms with Crippen LogP contribution in [0.4, 0.5) is 0 Å². The van der Waals surface area contributed by atoms with Gasteiger partial charge in [-0.3, -0.25) is 0 Å². The summed E-state index contributed by atoms with van der Waals surface area (Å²) in [5.74, 6) is 0.729. The van der Waals surface area contributed by atoms with E-state index in [-0.39, 0.29) is 0 Å². The number of rotatable bonds is 3. The summed E-state index contributed by atoms with van der Waals surface area (Å²) in [5.41, 5.74) is 12.7. The van der Waals surface area contributed by atoms with Gasteiger partial charge in [0.1, 0.15) is 0 Å². The van der Waals surface area contributed by atoms with Crippen LogP contribution in [0.25, 0.3) is 65.2 Å². The number of nitrogens with zero attached hydrogens (tertiary/aromatic N) is 2. The Morgan fingerprint density at radius 1 is 0.392 bits per heavy atom. The summed E-state index contributed by atoms with van der Waals surface area (Å²) in [4.78, 5) is 12.9. The SMILES string of the molecule is c1ccc(-c2cc(-c3ccc4sc5cc6c(cc5c4c3)C3(c4ccccc4S6)c4ccccc4-c4ccccc43)nc(-c3ccccc3)n2)cc1. The van der Waals surface area contributed by atoms with Crippen LogP contribution in [0, 0.1) is 0 Å². The van der Waals surface area contributed by atoms with Gasteiger partial charge in [-0.05, 0) is 69.8 Å². The molecule has 0 radical (unpaired) electrons. The zero-order chi connectivity index (χ0) is 33.5. The second kappa shape index (κ2) is 11.1. The first-order valence-corrected chi connectivity index (χ1v) is 18.9. The molecule has 0 saturated carbocycles. The molecule has 9 aromatic rings. The van der Waals surface area contributed by atoms with E-state index in [1.807, 2.05) is 47.4 Å². The molecule has 2 aromatic heterocycles. The molecule has 7 aromatic carbocycles. The maximum absolute atomic E-state index is 5.16. The fraction of sp³-hybridized carbons (Fsp3) is 0.0213. The van der Waals surface area contributed by atoms with Crippen LogP contribution in [0.15, 0.2) is 180 Å². The summed E-state index contributed by atoms with van der Waals surface area (Å²) >= 11 is 3.78. The predicted molar refractivity (Wildman–Crippen MR) is 213 cm³/mol. The maximum atomic E-state index is 5.16. The molecular weight excluding hydrogens is 657 g/mol. The van der Waals surface area contributed by atoms with E-state index in [2.05, 4.69) is 146 Å². The molecule has 51 heavy (non-hydrogen) atoms. The molecule has 0 unspecified atom stereocenters. The second-order valence-electron chi connectivity index (χ2n) is 13.3. The van der Waals surface area contributed by atoms with Gasteiger partial charge < -0.3 is 0 Å². The Morgan fingerprint density at radius 3 is 1.71 bits per heavy atom. The summed E-state index contributed by atoms with van der Waals surface area (Å²) in [6, 6.07) is 61.7. The van der Waals surface area contributed by atoms with Crippen molar-refractivity contribution in [2.75, 3.05) is 0 Å². The van der Waals surface area contributed by atoms with Crippen molar-refractivity contribution in [3.63, 3.8) is 0 Å².